The first-order chi connectivity index (χ1) is 9.59. The van der Waals surface area contributed by atoms with E-state index >= 15 is 0 Å². The third-order valence-corrected chi connectivity index (χ3v) is 6.58. The van der Waals surface area contributed by atoms with Gasteiger partial charge in [-0.05, 0) is 49.8 Å². The highest BCUT2D eigenvalue weighted by molar-refractivity contribution is 7.89. The maximum atomic E-state index is 12.8. The van der Waals surface area contributed by atoms with E-state index in [9.17, 15) is 8.42 Å². The molecule has 1 unspecified atom stereocenters. The summed E-state index contributed by atoms with van der Waals surface area (Å²) in [5, 5.41) is 0. The molecule has 0 amide bonds. The van der Waals surface area contributed by atoms with Gasteiger partial charge >= 0.3 is 0 Å². The van der Waals surface area contributed by atoms with Crippen LogP contribution in [0.4, 0.5) is 5.69 Å². The summed E-state index contributed by atoms with van der Waals surface area (Å²) >= 11 is 0. The van der Waals surface area contributed by atoms with Crippen LogP contribution in [0.15, 0.2) is 29.2 Å². The Labute approximate surface area is 121 Å². The number of hydrogen-bond acceptors (Lipinski definition) is 3. The molecule has 0 bridgehead atoms. The van der Waals surface area contributed by atoms with Gasteiger partial charge in [-0.3, -0.25) is 0 Å². The van der Waals surface area contributed by atoms with Gasteiger partial charge in [-0.1, -0.05) is 18.9 Å². The molecule has 2 N–H and O–H groups in total. The highest BCUT2D eigenvalue weighted by Crippen LogP contribution is 2.38. The lowest BCUT2D eigenvalue weighted by Gasteiger charge is -2.28. The first-order valence-corrected chi connectivity index (χ1v) is 8.90. The van der Waals surface area contributed by atoms with Gasteiger partial charge in [0, 0.05) is 18.3 Å². The van der Waals surface area contributed by atoms with Crippen molar-refractivity contribution in [2.45, 2.75) is 49.5 Å². The second kappa shape index (κ2) is 5.37. The molecule has 0 aromatic heterocycles. The minimum Gasteiger partial charge on any atom is -0.399 e. The van der Waals surface area contributed by atoms with Crippen LogP contribution >= 0.6 is 0 Å². The zero-order valence-corrected chi connectivity index (χ0v) is 12.5. The average Bonchev–Trinajstić information content (AvgIpc) is 3.09. The molecule has 0 radical (unpaired) electrons. The van der Waals surface area contributed by atoms with Crippen molar-refractivity contribution in [1.29, 1.82) is 0 Å². The maximum absolute atomic E-state index is 12.8. The average molecular weight is 294 g/mol. The van der Waals surface area contributed by atoms with Crippen molar-refractivity contribution in [3.8, 4) is 0 Å². The standard InChI is InChI=1S/C15H22N2O2S/c16-13-7-3-8-14(11-13)20(18,19)17-10-4-9-15(17)12-5-1-2-6-12/h3,7-8,11-12,15H,1-2,4-6,9-10,16H2. The summed E-state index contributed by atoms with van der Waals surface area (Å²) in [4.78, 5) is 0.336. The van der Waals surface area contributed by atoms with Gasteiger partial charge in [0.2, 0.25) is 10.0 Å². The molecular formula is C15H22N2O2S. The van der Waals surface area contributed by atoms with Crippen LogP contribution in [0.1, 0.15) is 38.5 Å². The smallest absolute Gasteiger partial charge is 0.243 e. The SMILES string of the molecule is Nc1cccc(S(=O)(=O)N2CCCC2C2CCCC2)c1. The lowest BCUT2D eigenvalue weighted by atomic mass is 9.97. The third kappa shape index (κ3) is 2.44. The quantitative estimate of drug-likeness (QED) is 0.872. The number of sulfonamides is 1. The summed E-state index contributed by atoms with van der Waals surface area (Å²) in [5.74, 6) is 0.549. The van der Waals surface area contributed by atoms with Crippen LogP contribution in [0, 0.1) is 5.92 Å². The minimum absolute atomic E-state index is 0.198. The number of hydrogen-bond donors (Lipinski definition) is 1. The van der Waals surface area contributed by atoms with Crippen molar-refractivity contribution < 1.29 is 8.42 Å². The van der Waals surface area contributed by atoms with Crippen molar-refractivity contribution in [3.05, 3.63) is 24.3 Å². The number of rotatable bonds is 3. The molecule has 0 spiro atoms. The van der Waals surface area contributed by atoms with E-state index in [1.807, 2.05) is 0 Å². The fourth-order valence-corrected chi connectivity index (χ4v) is 5.50. The van der Waals surface area contributed by atoms with Gasteiger partial charge in [0.1, 0.15) is 0 Å². The van der Waals surface area contributed by atoms with Crippen molar-refractivity contribution >= 4 is 15.7 Å². The van der Waals surface area contributed by atoms with Crippen molar-refractivity contribution in [2.75, 3.05) is 12.3 Å². The van der Waals surface area contributed by atoms with Crippen molar-refractivity contribution in [2.24, 2.45) is 5.92 Å². The molecule has 1 aromatic carbocycles. The largest absolute Gasteiger partial charge is 0.399 e. The second-order valence-corrected chi connectivity index (χ2v) is 7.83. The third-order valence-electron chi connectivity index (χ3n) is 4.66. The van der Waals surface area contributed by atoms with Gasteiger partial charge in [0.25, 0.3) is 0 Å². The second-order valence-electron chi connectivity index (χ2n) is 5.94. The van der Waals surface area contributed by atoms with Crippen LogP contribution in [0.25, 0.3) is 0 Å². The monoisotopic (exact) mass is 294 g/mol. The Morgan fingerprint density at radius 3 is 2.55 bits per heavy atom. The van der Waals surface area contributed by atoms with E-state index in [-0.39, 0.29) is 6.04 Å². The molecular weight excluding hydrogens is 272 g/mol. The molecule has 5 heteroatoms. The van der Waals surface area contributed by atoms with Gasteiger partial charge in [-0.25, -0.2) is 8.42 Å². The zero-order valence-electron chi connectivity index (χ0n) is 11.7. The normalized spacial score (nSPS) is 25.3. The molecule has 1 saturated carbocycles. The Balaban J connectivity index is 1.89. The molecule has 3 rings (SSSR count). The van der Waals surface area contributed by atoms with E-state index in [4.69, 9.17) is 5.73 Å². The fraction of sp³-hybridized carbons (Fsp3) is 0.600. The topological polar surface area (TPSA) is 63.4 Å². The lowest BCUT2D eigenvalue weighted by Crippen LogP contribution is -2.39. The maximum Gasteiger partial charge on any atom is 0.243 e. The van der Waals surface area contributed by atoms with Gasteiger partial charge in [-0.15, -0.1) is 0 Å². The minimum atomic E-state index is -3.39. The van der Waals surface area contributed by atoms with Gasteiger partial charge < -0.3 is 5.73 Å². The molecule has 20 heavy (non-hydrogen) atoms. The van der Waals surface area contributed by atoms with Crippen molar-refractivity contribution in [3.63, 3.8) is 0 Å². The van der Waals surface area contributed by atoms with E-state index in [1.165, 1.54) is 25.7 Å². The van der Waals surface area contributed by atoms with Gasteiger partial charge in [-0.2, -0.15) is 4.31 Å². The van der Waals surface area contributed by atoms with Gasteiger partial charge in [0.15, 0.2) is 0 Å². The molecule has 1 saturated heterocycles. The molecule has 1 aliphatic heterocycles. The van der Waals surface area contributed by atoms with E-state index in [2.05, 4.69) is 0 Å². The first-order valence-electron chi connectivity index (χ1n) is 7.46. The molecule has 1 aliphatic carbocycles. The number of nitrogen functional groups attached to an aromatic ring is 1. The molecule has 2 fully saturated rings. The van der Waals surface area contributed by atoms with E-state index in [0.717, 1.165) is 12.8 Å². The predicted molar refractivity (Wildman–Crippen MR) is 79.7 cm³/mol. The number of benzene rings is 1. The Hall–Kier alpha value is -1.07. The van der Waals surface area contributed by atoms with Crippen LogP contribution < -0.4 is 5.73 Å². The van der Waals surface area contributed by atoms with E-state index < -0.39 is 10.0 Å². The molecule has 110 valence electrons. The summed E-state index contributed by atoms with van der Waals surface area (Å²) in [6, 6.07) is 6.85. The highest BCUT2D eigenvalue weighted by Gasteiger charge is 2.40. The predicted octanol–water partition coefficient (Wildman–Crippen LogP) is 2.61. The van der Waals surface area contributed by atoms with Crippen LogP contribution in [0.5, 0.6) is 0 Å². The summed E-state index contributed by atoms with van der Waals surface area (Å²) < 4.78 is 27.4. The Kier molecular flexibility index (Phi) is 3.73. The lowest BCUT2D eigenvalue weighted by molar-refractivity contribution is 0.288. The van der Waals surface area contributed by atoms with Gasteiger partial charge in [0.05, 0.1) is 4.90 Å². The molecule has 1 atom stereocenters. The number of nitrogens with two attached hydrogens (primary N) is 1. The highest BCUT2D eigenvalue weighted by atomic mass is 32.2. The number of anilines is 1. The molecule has 2 aliphatic rings. The zero-order chi connectivity index (χ0) is 14.2. The van der Waals surface area contributed by atoms with E-state index in [1.54, 1.807) is 28.6 Å². The first kappa shape index (κ1) is 13.9. The number of nitrogens with zero attached hydrogens (tertiary/aromatic N) is 1. The van der Waals surface area contributed by atoms with Crippen LogP contribution in [-0.2, 0) is 10.0 Å². The van der Waals surface area contributed by atoms with Crippen molar-refractivity contribution in [1.82, 2.24) is 4.31 Å². The molecule has 1 heterocycles. The van der Waals surface area contributed by atoms with Crippen LogP contribution in [0.2, 0.25) is 0 Å². The summed E-state index contributed by atoms with van der Waals surface area (Å²) in [6.07, 6.45) is 6.82. The van der Waals surface area contributed by atoms with Crippen LogP contribution in [0.3, 0.4) is 0 Å². The molecule has 1 aromatic rings. The summed E-state index contributed by atoms with van der Waals surface area (Å²) in [5.41, 5.74) is 6.23. The summed E-state index contributed by atoms with van der Waals surface area (Å²) in [6.45, 7) is 0.651. The van der Waals surface area contributed by atoms with E-state index in [0.29, 0.717) is 23.0 Å². The Bertz CT molecular complexity index is 579. The Morgan fingerprint density at radius 2 is 1.85 bits per heavy atom. The fourth-order valence-electron chi connectivity index (χ4n) is 3.69. The van der Waals surface area contributed by atoms with Crippen LogP contribution in [-0.4, -0.2) is 25.3 Å². The summed E-state index contributed by atoms with van der Waals surface area (Å²) in [7, 11) is -3.39. The Morgan fingerprint density at radius 1 is 1.10 bits per heavy atom. The molecule has 4 nitrogen and oxygen atoms in total.